The van der Waals surface area contributed by atoms with Crippen LogP contribution in [-0.2, 0) is 6.42 Å². The van der Waals surface area contributed by atoms with Crippen LogP contribution in [-0.4, -0.2) is 11.8 Å². The maximum atomic E-state index is 6.29. The van der Waals surface area contributed by atoms with Gasteiger partial charge < -0.3 is 0 Å². The smallest absolute Gasteiger partial charge is 0.0441 e. The van der Waals surface area contributed by atoms with Gasteiger partial charge in [0, 0.05) is 21.7 Å². The van der Waals surface area contributed by atoms with Crippen LogP contribution in [0.2, 0.25) is 5.02 Å². The van der Waals surface area contributed by atoms with Crippen molar-refractivity contribution in [3.05, 3.63) is 64.2 Å². The highest BCUT2D eigenvalue weighted by Gasteiger charge is 2.11. The van der Waals surface area contributed by atoms with Gasteiger partial charge in [-0.15, -0.1) is 11.8 Å². The van der Waals surface area contributed by atoms with E-state index in [0.29, 0.717) is 0 Å². The van der Waals surface area contributed by atoms with E-state index in [1.165, 1.54) is 16.0 Å². The molecule has 2 nitrogen and oxygen atoms in total. The summed E-state index contributed by atoms with van der Waals surface area (Å²) in [5.74, 6) is 6.60. The minimum atomic E-state index is 0.190. The van der Waals surface area contributed by atoms with E-state index in [4.69, 9.17) is 17.4 Å². The molecule has 2 aromatic carbocycles. The lowest BCUT2D eigenvalue weighted by molar-refractivity contribution is 0.575. The van der Waals surface area contributed by atoms with Gasteiger partial charge in [-0.25, -0.2) is 0 Å². The Morgan fingerprint density at radius 3 is 2.57 bits per heavy atom. The molecule has 0 fully saturated rings. The highest BCUT2D eigenvalue weighted by atomic mass is 35.5. The first-order chi connectivity index (χ1) is 10.1. The largest absolute Gasteiger partial charge is 0.271 e. The van der Waals surface area contributed by atoms with Gasteiger partial charge in [-0.05, 0) is 49.6 Å². The molecule has 1 atom stereocenters. The van der Waals surface area contributed by atoms with Crippen molar-refractivity contribution in [2.75, 3.05) is 5.75 Å². The highest BCUT2D eigenvalue weighted by Crippen LogP contribution is 2.23. The molecular formula is C17H21ClN2S. The number of nitrogens with one attached hydrogen (secondary N) is 1. The van der Waals surface area contributed by atoms with E-state index in [0.717, 1.165) is 22.8 Å². The molecule has 3 N–H and O–H groups in total. The van der Waals surface area contributed by atoms with Crippen LogP contribution in [0.5, 0.6) is 0 Å². The summed E-state index contributed by atoms with van der Waals surface area (Å²) in [6.45, 7) is 4.15. The molecule has 0 saturated heterocycles. The molecule has 0 spiro atoms. The predicted octanol–water partition coefficient (Wildman–Crippen LogP) is 4.12. The van der Waals surface area contributed by atoms with Gasteiger partial charge in [-0.1, -0.05) is 41.4 Å². The maximum absolute atomic E-state index is 6.29. The normalized spacial score (nSPS) is 12.4. The molecule has 21 heavy (non-hydrogen) atoms. The first-order valence-electron chi connectivity index (χ1n) is 6.99. The number of rotatable bonds is 6. The van der Waals surface area contributed by atoms with E-state index in [1.54, 1.807) is 0 Å². The SMILES string of the molecule is Cc1cccc(SCC(Cc2ccc(C)cc2Cl)NN)c1. The molecule has 1 unspecified atom stereocenters. The first-order valence-corrected chi connectivity index (χ1v) is 8.35. The summed E-state index contributed by atoms with van der Waals surface area (Å²) < 4.78 is 0. The van der Waals surface area contributed by atoms with Gasteiger partial charge in [-0.3, -0.25) is 11.3 Å². The van der Waals surface area contributed by atoms with E-state index < -0.39 is 0 Å². The molecule has 2 aromatic rings. The van der Waals surface area contributed by atoms with Crippen molar-refractivity contribution in [1.82, 2.24) is 5.43 Å². The number of hydrazine groups is 1. The standard InChI is InChI=1S/C17H21ClN2S/c1-12-4-3-5-16(8-12)21-11-15(20-19)10-14-7-6-13(2)9-17(14)18/h3-9,15,20H,10-11,19H2,1-2H3. The van der Waals surface area contributed by atoms with Crippen LogP contribution in [0.3, 0.4) is 0 Å². The third-order valence-corrected chi connectivity index (χ3v) is 4.86. The molecule has 0 aliphatic rings. The Morgan fingerprint density at radius 2 is 1.90 bits per heavy atom. The second-order valence-electron chi connectivity index (χ2n) is 5.29. The number of aryl methyl sites for hydroxylation is 2. The Morgan fingerprint density at radius 1 is 1.14 bits per heavy atom. The minimum Gasteiger partial charge on any atom is -0.271 e. The fourth-order valence-corrected chi connectivity index (χ4v) is 3.52. The van der Waals surface area contributed by atoms with Gasteiger partial charge in [0.25, 0.3) is 0 Å². The average Bonchev–Trinajstić information content (AvgIpc) is 2.45. The zero-order chi connectivity index (χ0) is 15.2. The van der Waals surface area contributed by atoms with Gasteiger partial charge in [0.1, 0.15) is 0 Å². The van der Waals surface area contributed by atoms with Crippen molar-refractivity contribution in [2.45, 2.75) is 31.2 Å². The topological polar surface area (TPSA) is 38.0 Å². The third-order valence-electron chi connectivity index (χ3n) is 3.35. The second kappa shape index (κ2) is 7.85. The summed E-state index contributed by atoms with van der Waals surface area (Å²) in [6, 6.07) is 14.9. The molecule has 0 aliphatic heterocycles. The van der Waals surface area contributed by atoms with Crippen molar-refractivity contribution in [2.24, 2.45) is 5.84 Å². The average molecular weight is 321 g/mol. The Bertz CT molecular complexity index is 601. The van der Waals surface area contributed by atoms with Crippen LogP contribution in [0.25, 0.3) is 0 Å². The molecule has 0 bridgehead atoms. The molecule has 0 aliphatic carbocycles. The predicted molar refractivity (Wildman–Crippen MR) is 92.9 cm³/mol. The molecule has 4 heteroatoms. The molecule has 2 rings (SSSR count). The molecule has 0 amide bonds. The molecule has 0 heterocycles. The Labute approximate surface area is 136 Å². The van der Waals surface area contributed by atoms with Crippen molar-refractivity contribution in [1.29, 1.82) is 0 Å². The van der Waals surface area contributed by atoms with E-state index >= 15 is 0 Å². The first kappa shape index (κ1) is 16.4. The Balaban J connectivity index is 1.97. The summed E-state index contributed by atoms with van der Waals surface area (Å²) in [4.78, 5) is 1.27. The van der Waals surface area contributed by atoms with Crippen LogP contribution in [0.1, 0.15) is 16.7 Å². The van der Waals surface area contributed by atoms with Crippen molar-refractivity contribution in [3.8, 4) is 0 Å². The molecule has 0 saturated carbocycles. The quantitative estimate of drug-likeness (QED) is 0.477. The molecule has 112 valence electrons. The molecule has 0 radical (unpaired) electrons. The van der Waals surface area contributed by atoms with Crippen LogP contribution in [0.4, 0.5) is 0 Å². The summed E-state index contributed by atoms with van der Waals surface area (Å²) in [5, 5.41) is 0.816. The number of halogens is 1. The van der Waals surface area contributed by atoms with Gasteiger partial charge in [0.15, 0.2) is 0 Å². The van der Waals surface area contributed by atoms with E-state index in [-0.39, 0.29) is 6.04 Å². The number of hydrogen-bond donors (Lipinski definition) is 2. The van der Waals surface area contributed by atoms with E-state index in [9.17, 15) is 0 Å². The summed E-state index contributed by atoms with van der Waals surface area (Å²) in [7, 11) is 0. The summed E-state index contributed by atoms with van der Waals surface area (Å²) >= 11 is 8.10. The zero-order valence-corrected chi connectivity index (χ0v) is 14.0. The fourth-order valence-electron chi connectivity index (χ4n) is 2.15. The number of benzene rings is 2. The third kappa shape index (κ3) is 5.04. The van der Waals surface area contributed by atoms with Gasteiger partial charge in [0.2, 0.25) is 0 Å². The van der Waals surface area contributed by atoms with Gasteiger partial charge in [-0.2, -0.15) is 0 Å². The van der Waals surface area contributed by atoms with E-state index in [1.807, 2.05) is 24.8 Å². The maximum Gasteiger partial charge on any atom is 0.0441 e. The number of nitrogens with two attached hydrogens (primary N) is 1. The van der Waals surface area contributed by atoms with Crippen molar-refractivity contribution in [3.63, 3.8) is 0 Å². The molecule has 0 aromatic heterocycles. The molecular weight excluding hydrogens is 300 g/mol. The minimum absolute atomic E-state index is 0.190. The van der Waals surface area contributed by atoms with Crippen LogP contribution < -0.4 is 11.3 Å². The van der Waals surface area contributed by atoms with Crippen LogP contribution in [0, 0.1) is 13.8 Å². The summed E-state index contributed by atoms with van der Waals surface area (Å²) in [5.41, 5.74) is 6.48. The van der Waals surface area contributed by atoms with E-state index in [2.05, 4.69) is 48.7 Å². The highest BCUT2D eigenvalue weighted by molar-refractivity contribution is 7.99. The van der Waals surface area contributed by atoms with Crippen LogP contribution >= 0.6 is 23.4 Å². The monoisotopic (exact) mass is 320 g/mol. The lowest BCUT2D eigenvalue weighted by atomic mass is 10.1. The number of hydrogen-bond acceptors (Lipinski definition) is 3. The van der Waals surface area contributed by atoms with Crippen LogP contribution in [0.15, 0.2) is 47.4 Å². The number of thioether (sulfide) groups is 1. The summed E-state index contributed by atoms with van der Waals surface area (Å²) in [6.07, 6.45) is 0.828. The van der Waals surface area contributed by atoms with Gasteiger partial charge in [0.05, 0.1) is 0 Å². The lowest BCUT2D eigenvalue weighted by Crippen LogP contribution is -2.38. The fraction of sp³-hybridized carbons (Fsp3) is 0.294. The Hall–Kier alpha value is -1.00. The lowest BCUT2D eigenvalue weighted by Gasteiger charge is -2.16. The Kier molecular flexibility index (Phi) is 6.12. The van der Waals surface area contributed by atoms with Gasteiger partial charge >= 0.3 is 0 Å². The zero-order valence-electron chi connectivity index (χ0n) is 12.4. The van der Waals surface area contributed by atoms with Crippen molar-refractivity contribution < 1.29 is 0 Å². The second-order valence-corrected chi connectivity index (χ2v) is 6.79. The van der Waals surface area contributed by atoms with Crippen molar-refractivity contribution >= 4 is 23.4 Å².